The summed E-state index contributed by atoms with van der Waals surface area (Å²) in [6, 6.07) is 0.457. The molecule has 2 unspecified atom stereocenters. The minimum Gasteiger partial charge on any atom is -0.313 e. The number of hydrogen-bond acceptors (Lipinski definition) is 3. The van der Waals surface area contributed by atoms with E-state index in [1.54, 1.807) is 4.31 Å². The summed E-state index contributed by atoms with van der Waals surface area (Å²) in [6.45, 7) is 12.4. The van der Waals surface area contributed by atoms with E-state index in [4.69, 9.17) is 0 Å². The Kier molecular flexibility index (Phi) is 7.60. The first-order valence-electron chi connectivity index (χ1n) is 8.24. The first-order chi connectivity index (χ1) is 9.74. The third-order valence-electron chi connectivity index (χ3n) is 4.37. The first-order valence-corrected chi connectivity index (χ1v) is 9.68. The van der Waals surface area contributed by atoms with Crippen molar-refractivity contribution < 1.29 is 8.42 Å². The van der Waals surface area contributed by atoms with Gasteiger partial charge in [-0.25, -0.2) is 4.72 Å². The maximum atomic E-state index is 12.6. The van der Waals surface area contributed by atoms with Gasteiger partial charge < -0.3 is 5.32 Å². The van der Waals surface area contributed by atoms with Gasteiger partial charge in [-0.1, -0.05) is 41.0 Å². The Balaban J connectivity index is 2.64. The Hall–Kier alpha value is -0.170. The minimum atomic E-state index is -3.37. The summed E-state index contributed by atoms with van der Waals surface area (Å²) < 4.78 is 29.6. The van der Waals surface area contributed by atoms with Crippen LogP contribution in [0, 0.1) is 11.8 Å². The number of hydrogen-bond donors (Lipinski definition) is 2. The zero-order valence-corrected chi connectivity index (χ0v) is 15.0. The monoisotopic (exact) mass is 319 g/mol. The van der Waals surface area contributed by atoms with Gasteiger partial charge in [0, 0.05) is 31.7 Å². The van der Waals surface area contributed by atoms with E-state index in [9.17, 15) is 8.42 Å². The standard InChI is InChI=1S/C15H33N3O2S/c1-12(2)14(5)10-17-21(19,20)18-9-7-6-8-15(18)11-16-13(3)4/h12-17H,6-11H2,1-5H3. The molecule has 0 saturated carbocycles. The van der Waals surface area contributed by atoms with E-state index in [1.165, 1.54) is 0 Å². The molecule has 21 heavy (non-hydrogen) atoms. The molecule has 2 atom stereocenters. The van der Waals surface area contributed by atoms with Gasteiger partial charge in [0.25, 0.3) is 10.2 Å². The summed E-state index contributed by atoms with van der Waals surface area (Å²) in [7, 11) is -3.37. The van der Waals surface area contributed by atoms with Crippen LogP contribution in [0.5, 0.6) is 0 Å². The number of rotatable bonds is 8. The fourth-order valence-electron chi connectivity index (χ4n) is 2.42. The van der Waals surface area contributed by atoms with Crippen LogP contribution >= 0.6 is 0 Å². The van der Waals surface area contributed by atoms with Crippen molar-refractivity contribution in [1.82, 2.24) is 14.3 Å². The summed E-state index contributed by atoms with van der Waals surface area (Å²) in [5.41, 5.74) is 0. The Morgan fingerprint density at radius 1 is 1.14 bits per heavy atom. The molecule has 0 aromatic carbocycles. The molecule has 1 fully saturated rings. The van der Waals surface area contributed by atoms with E-state index in [2.05, 4.69) is 44.7 Å². The molecule has 2 N–H and O–H groups in total. The lowest BCUT2D eigenvalue weighted by Crippen LogP contribution is -2.53. The lowest BCUT2D eigenvalue weighted by Gasteiger charge is -2.35. The van der Waals surface area contributed by atoms with Crippen LogP contribution in [0.3, 0.4) is 0 Å². The molecule has 1 saturated heterocycles. The second kappa shape index (κ2) is 8.46. The highest BCUT2D eigenvalue weighted by atomic mass is 32.2. The maximum absolute atomic E-state index is 12.6. The zero-order chi connectivity index (χ0) is 16.0. The first kappa shape index (κ1) is 18.9. The molecule has 0 radical (unpaired) electrons. The molecule has 0 aromatic rings. The van der Waals surface area contributed by atoms with Gasteiger partial charge in [0.15, 0.2) is 0 Å². The number of piperidine rings is 1. The van der Waals surface area contributed by atoms with Crippen molar-refractivity contribution in [3.63, 3.8) is 0 Å². The van der Waals surface area contributed by atoms with Crippen molar-refractivity contribution in [1.29, 1.82) is 0 Å². The van der Waals surface area contributed by atoms with Crippen LogP contribution in [0.4, 0.5) is 0 Å². The van der Waals surface area contributed by atoms with Crippen LogP contribution in [-0.2, 0) is 10.2 Å². The van der Waals surface area contributed by atoms with E-state index in [-0.39, 0.29) is 6.04 Å². The van der Waals surface area contributed by atoms with Gasteiger partial charge in [-0.05, 0) is 24.7 Å². The largest absolute Gasteiger partial charge is 0.313 e. The van der Waals surface area contributed by atoms with Gasteiger partial charge in [0.1, 0.15) is 0 Å². The summed E-state index contributed by atoms with van der Waals surface area (Å²) in [5.74, 6) is 0.823. The fourth-order valence-corrected chi connectivity index (χ4v) is 4.00. The average molecular weight is 320 g/mol. The lowest BCUT2D eigenvalue weighted by molar-refractivity contribution is 0.238. The molecular formula is C15H33N3O2S. The average Bonchev–Trinajstić information content (AvgIpc) is 2.42. The zero-order valence-electron chi connectivity index (χ0n) is 14.2. The summed E-state index contributed by atoms with van der Waals surface area (Å²) in [5, 5.41) is 3.37. The third-order valence-corrected chi connectivity index (χ3v) is 6.00. The van der Waals surface area contributed by atoms with Gasteiger partial charge in [-0.15, -0.1) is 0 Å². The van der Waals surface area contributed by atoms with Crippen LogP contribution in [0.1, 0.15) is 53.9 Å². The molecule has 126 valence electrons. The van der Waals surface area contributed by atoms with Crippen LogP contribution in [-0.4, -0.2) is 44.4 Å². The van der Waals surface area contributed by atoms with Crippen molar-refractivity contribution in [2.24, 2.45) is 11.8 Å². The van der Waals surface area contributed by atoms with E-state index < -0.39 is 10.2 Å². The molecular weight excluding hydrogens is 286 g/mol. The molecule has 1 heterocycles. The van der Waals surface area contributed by atoms with Crippen LogP contribution in [0.2, 0.25) is 0 Å². The molecule has 0 amide bonds. The highest BCUT2D eigenvalue weighted by Crippen LogP contribution is 2.20. The minimum absolute atomic E-state index is 0.0769. The van der Waals surface area contributed by atoms with E-state index in [0.29, 0.717) is 31.0 Å². The fraction of sp³-hybridized carbons (Fsp3) is 1.00. The van der Waals surface area contributed by atoms with E-state index in [0.717, 1.165) is 25.8 Å². The molecule has 0 aliphatic carbocycles. The molecule has 6 heteroatoms. The number of nitrogens with one attached hydrogen (secondary N) is 2. The number of nitrogens with zero attached hydrogens (tertiary/aromatic N) is 1. The molecule has 1 aliphatic rings. The van der Waals surface area contributed by atoms with Gasteiger partial charge in [-0.3, -0.25) is 0 Å². The molecule has 1 rings (SSSR count). The van der Waals surface area contributed by atoms with Gasteiger partial charge >= 0.3 is 0 Å². The summed E-state index contributed by atoms with van der Waals surface area (Å²) in [4.78, 5) is 0. The van der Waals surface area contributed by atoms with Gasteiger partial charge in [0.2, 0.25) is 0 Å². The van der Waals surface area contributed by atoms with E-state index >= 15 is 0 Å². The van der Waals surface area contributed by atoms with Crippen molar-refractivity contribution >= 4 is 10.2 Å². The second-order valence-electron chi connectivity index (χ2n) is 6.90. The van der Waals surface area contributed by atoms with Crippen molar-refractivity contribution in [3.05, 3.63) is 0 Å². The Morgan fingerprint density at radius 3 is 2.38 bits per heavy atom. The third kappa shape index (κ3) is 6.22. The quantitative estimate of drug-likeness (QED) is 0.719. The Morgan fingerprint density at radius 2 is 1.81 bits per heavy atom. The summed E-state index contributed by atoms with van der Waals surface area (Å²) >= 11 is 0. The maximum Gasteiger partial charge on any atom is 0.279 e. The molecule has 5 nitrogen and oxygen atoms in total. The highest BCUT2D eigenvalue weighted by Gasteiger charge is 2.32. The smallest absolute Gasteiger partial charge is 0.279 e. The van der Waals surface area contributed by atoms with Crippen molar-refractivity contribution in [3.8, 4) is 0 Å². The summed E-state index contributed by atoms with van der Waals surface area (Å²) in [6.07, 6.45) is 3.01. The predicted octanol–water partition coefficient (Wildman–Crippen LogP) is 1.97. The van der Waals surface area contributed by atoms with Crippen molar-refractivity contribution in [2.45, 2.75) is 66.0 Å². The molecule has 0 aromatic heterocycles. The normalized spacial score (nSPS) is 22.9. The van der Waals surface area contributed by atoms with E-state index in [1.807, 2.05) is 0 Å². The lowest BCUT2D eigenvalue weighted by atomic mass is 9.99. The van der Waals surface area contributed by atoms with Crippen LogP contribution in [0.25, 0.3) is 0 Å². The van der Waals surface area contributed by atoms with Crippen LogP contribution < -0.4 is 10.0 Å². The second-order valence-corrected chi connectivity index (χ2v) is 8.61. The van der Waals surface area contributed by atoms with Gasteiger partial charge in [0.05, 0.1) is 0 Å². The Bertz CT molecular complexity index is 396. The topological polar surface area (TPSA) is 61.4 Å². The molecule has 0 bridgehead atoms. The SMILES string of the molecule is CC(C)NCC1CCCCN1S(=O)(=O)NCC(C)C(C)C. The van der Waals surface area contributed by atoms with Crippen molar-refractivity contribution in [2.75, 3.05) is 19.6 Å². The molecule has 0 spiro atoms. The predicted molar refractivity (Wildman–Crippen MR) is 88.4 cm³/mol. The Labute approximate surface area is 131 Å². The van der Waals surface area contributed by atoms with Crippen LogP contribution in [0.15, 0.2) is 0 Å². The molecule has 1 aliphatic heterocycles. The van der Waals surface area contributed by atoms with Gasteiger partial charge in [-0.2, -0.15) is 12.7 Å². The highest BCUT2D eigenvalue weighted by molar-refractivity contribution is 7.87.